The summed E-state index contributed by atoms with van der Waals surface area (Å²) in [5.74, 6) is 0. The molecule has 3 aromatic rings. The molecule has 0 spiro atoms. The Balaban J connectivity index is 2.39. The fraction of sp³-hybridized carbons (Fsp3) is 0.118. The van der Waals surface area contributed by atoms with Crippen LogP contribution in [0, 0.1) is 6.07 Å². The van der Waals surface area contributed by atoms with Crippen molar-refractivity contribution in [2.75, 3.05) is 0 Å². The Morgan fingerprint density at radius 2 is 1.46 bits per heavy atom. The van der Waals surface area contributed by atoms with Crippen LogP contribution in [-0.4, -0.2) is 16.0 Å². The number of hydrogen-bond acceptors (Lipinski definition) is 1. The predicted molar refractivity (Wildman–Crippen MR) is 86.2 cm³/mol. The minimum Gasteiger partial charge on any atom is -0.247 e. The van der Waals surface area contributed by atoms with Crippen LogP contribution in [0.3, 0.4) is 0 Å². The van der Waals surface area contributed by atoms with E-state index >= 15 is 0 Å². The van der Waals surface area contributed by atoms with Gasteiger partial charge in [0.05, 0.1) is 11.2 Å². The van der Waals surface area contributed by atoms with Gasteiger partial charge in [0.15, 0.2) is 0 Å². The molecule has 3 rings (SSSR count). The van der Waals surface area contributed by atoms with Crippen molar-refractivity contribution in [2.24, 2.45) is 0 Å². The Bertz CT molecular complexity index is 829. The fourth-order valence-electron chi connectivity index (χ4n) is 2.69. The van der Waals surface area contributed by atoms with Gasteiger partial charge >= 0.3 is 6.18 Å². The first-order chi connectivity index (χ1) is 11.4. The van der Waals surface area contributed by atoms with Crippen molar-refractivity contribution in [3.8, 4) is 0 Å². The van der Waals surface area contributed by atoms with Gasteiger partial charge in [-0.2, -0.15) is 18.3 Å². The molecule has 0 saturated heterocycles. The lowest BCUT2D eigenvalue weighted by Crippen LogP contribution is -2.50. The summed E-state index contributed by atoms with van der Waals surface area (Å²) in [5.41, 5.74) is -2.55. The van der Waals surface area contributed by atoms with Gasteiger partial charge in [0.25, 0.3) is 0 Å². The molecule has 1 heterocycles. The first kappa shape index (κ1) is 16.9. The highest BCUT2D eigenvalue weighted by Gasteiger charge is 2.59. The van der Waals surface area contributed by atoms with Crippen LogP contribution in [0.5, 0.6) is 0 Å². The normalized spacial score (nSPS) is 14.4. The number of hydrogen-bond donors (Lipinski definition) is 0. The molecular weight excluding hydrogens is 360 g/mol. The molecule has 123 valence electrons. The summed E-state index contributed by atoms with van der Waals surface area (Å²) in [7, 11) is 0. The third-order valence-corrected chi connectivity index (χ3v) is 4.15. The van der Waals surface area contributed by atoms with E-state index in [0.717, 1.165) is 10.9 Å². The molecule has 0 aliphatic rings. The van der Waals surface area contributed by atoms with E-state index in [0.29, 0.717) is 5.02 Å². The van der Waals surface area contributed by atoms with E-state index in [4.69, 9.17) is 23.2 Å². The number of halogens is 5. The maximum absolute atomic E-state index is 14.4. The minimum absolute atomic E-state index is 0.00385. The zero-order chi connectivity index (χ0) is 17.4. The van der Waals surface area contributed by atoms with Crippen LogP contribution >= 0.6 is 23.2 Å². The molecule has 7 heteroatoms. The Hall–Kier alpha value is -1.98. The predicted octanol–water partition coefficient (Wildman–Crippen LogP) is 5.34. The van der Waals surface area contributed by atoms with Crippen LogP contribution < -0.4 is 0 Å². The maximum atomic E-state index is 14.4. The van der Waals surface area contributed by atoms with E-state index < -0.39 is 11.7 Å². The van der Waals surface area contributed by atoms with Crippen molar-refractivity contribution in [2.45, 2.75) is 11.7 Å². The molecule has 1 unspecified atom stereocenters. The van der Waals surface area contributed by atoms with Gasteiger partial charge in [-0.3, -0.25) is 0 Å². The Morgan fingerprint density at radius 1 is 0.875 bits per heavy atom. The van der Waals surface area contributed by atoms with Crippen molar-refractivity contribution < 1.29 is 13.2 Å². The minimum atomic E-state index is -4.68. The molecular formula is C17H10Cl2F3N2. The molecule has 2 aromatic carbocycles. The molecule has 1 aromatic heterocycles. The van der Waals surface area contributed by atoms with Gasteiger partial charge in [0, 0.05) is 11.2 Å². The van der Waals surface area contributed by atoms with Gasteiger partial charge in [-0.05, 0) is 29.3 Å². The number of nitrogens with zero attached hydrogens (tertiary/aromatic N) is 2. The molecule has 0 amide bonds. The first-order valence-electron chi connectivity index (χ1n) is 6.86. The van der Waals surface area contributed by atoms with Crippen LogP contribution in [0.15, 0.2) is 60.9 Å². The van der Waals surface area contributed by atoms with Gasteiger partial charge in [-0.25, -0.2) is 4.68 Å². The van der Waals surface area contributed by atoms with E-state index in [1.54, 1.807) is 0 Å². The van der Waals surface area contributed by atoms with Crippen molar-refractivity contribution in [3.63, 3.8) is 0 Å². The zero-order valence-electron chi connectivity index (χ0n) is 12.1. The molecule has 1 radical (unpaired) electrons. The van der Waals surface area contributed by atoms with Gasteiger partial charge in [-0.15, -0.1) is 0 Å². The van der Waals surface area contributed by atoms with Crippen LogP contribution in [-0.2, 0) is 5.54 Å². The highest BCUT2D eigenvalue weighted by molar-refractivity contribution is 6.30. The van der Waals surface area contributed by atoms with Gasteiger partial charge in [0.2, 0.25) is 5.54 Å². The number of aromatic nitrogens is 2. The van der Waals surface area contributed by atoms with Gasteiger partial charge in [-0.1, -0.05) is 59.6 Å². The van der Waals surface area contributed by atoms with E-state index in [1.165, 1.54) is 54.7 Å². The summed E-state index contributed by atoms with van der Waals surface area (Å²) in [4.78, 5) is 0. The summed E-state index contributed by atoms with van der Waals surface area (Å²) in [5, 5.41) is 4.30. The quantitative estimate of drug-likeness (QED) is 0.608. The summed E-state index contributed by atoms with van der Waals surface area (Å²) >= 11 is 11.7. The van der Waals surface area contributed by atoms with Crippen LogP contribution in [0.2, 0.25) is 10.0 Å². The van der Waals surface area contributed by atoms with Crippen LogP contribution in [0.4, 0.5) is 13.2 Å². The molecule has 1 atom stereocenters. The zero-order valence-corrected chi connectivity index (χ0v) is 13.6. The summed E-state index contributed by atoms with van der Waals surface area (Å²) in [6.07, 6.45) is -2.36. The van der Waals surface area contributed by atoms with E-state index in [1.807, 2.05) is 0 Å². The standard InChI is InChI=1S/C17H10Cl2F3N2/c18-14-8-6-13(7-9-14)16(17(20,21)22,12-4-2-1-3-5-12)24-11-15(19)10-23-24/h2-11H. The molecule has 0 fully saturated rings. The highest BCUT2D eigenvalue weighted by atomic mass is 35.5. The molecule has 0 aliphatic carbocycles. The maximum Gasteiger partial charge on any atom is 0.422 e. The second-order valence-corrected chi connectivity index (χ2v) is 5.98. The summed E-state index contributed by atoms with van der Waals surface area (Å²) in [6.45, 7) is 0. The van der Waals surface area contributed by atoms with E-state index in [-0.39, 0.29) is 16.1 Å². The van der Waals surface area contributed by atoms with E-state index in [9.17, 15) is 13.2 Å². The average Bonchev–Trinajstić information content (AvgIpc) is 2.96. The third kappa shape index (κ3) is 2.68. The molecule has 0 bridgehead atoms. The molecule has 0 N–H and O–H groups in total. The number of alkyl halides is 3. The first-order valence-corrected chi connectivity index (χ1v) is 7.61. The third-order valence-electron chi connectivity index (χ3n) is 3.70. The number of benzene rings is 2. The van der Waals surface area contributed by atoms with Gasteiger partial charge in [0.1, 0.15) is 0 Å². The Labute approximate surface area is 146 Å². The smallest absolute Gasteiger partial charge is 0.247 e. The Kier molecular flexibility index (Phi) is 4.32. The Morgan fingerprint density at radius 3 is 1.96 bits per heavy atom. The lowest BCUT2D eigenvalue weighted by atomic mass is 9.82. The fourth-order valence-corrected chi connectivity index (χ4v) is 2.95. The number of rotatable bonds is 3. The van der Waals surface area contributed by atoms with Crippen molar-refractivity contribution >= 4 is 23.2 Å². The molecule has 0 aliphatic heterocycles. The van der Waals surface area contributed by atoms with Crippen molar-refractivity contribution in [1.29, 1.82) is 0 Å². The largest absolute Gasteiger partial charge is 0.422 e. The van der Waals surface area contributed by atoms with Crippen LogP contribution in [0.25, 0.3) is 0 Å². The topological polar surface area (TPSA) is 17.8 Å². The molecule has 2 nitrogen and oxygen atoms in total. The van der Waals surface area contributed by atoms with Crippen molar-refractivity contribution in [1.82, 2.24) is 9.78 Å². The summed E-state index contributed by atoms with van der Waals surface area (Å²) in [6, 6.07) is 13.8. The van der Waals surface area contributed by atoms with Crippen LogP contribution in [0.1, 0.15) is 11.1 Å². The summed E-state index contributed by atoms with van der Waals surface area (Å²) < 4.78 is 44.0. The second kappa shape index (κ2) is 6.15. The van der Waals surface area contributed by atoms with Crippen molar-refractivity contribution in [3.05, 3.63) is 88.2 Å². The second-order valence-electron chi connectivity index (χ2n) is 5.11. The SMILES string of the molecule is FC(F)(F)C(c1cc[c]cc1)(c1ccc(Cl)cc1)n1cc(Cl)cn1. The lowest BCUT2D eigenvalue weighted by molar-refractivity contribution is -0.189. The molecule has 24 heavy (non-hydrogen) atoms. The monoisotopic (exact) mass is 369 g/mol. The highest BCUT2D eigenvalue weighted by Crippen LogP contribution is 2.47. The lowest BCUT2D eigenvalue weighted by Gasteiger charge is -2.37. The molecule has 0 saturated carbocycles. The van der Waals surface area contributed by atoms with E-state index in [2.05, 4.69) is 11.2 Å². The van der Waals surface area contributed by atoms with Gasteiger partial charge < -0.3 is 0 Å². The average molecular weight is 370 g/mol.